The number of nitrogens with zero attached hydrogens (tertiary/aromatic N) is 1. The first-order valence-corrected chi connectivity index (χ1v) is 10.1. The molecule has 1 saturated heterocycles. The molecule has 150 valence electrons. The maximum absolute atomic E-state index is 6.39. The van der Waals surface area contributed by atoms with Crippen LogP contribution in [0, 0.1) is 0 Å². The minimum absolute atomic E-state index is 0.175. The van der Waals surface area contributed by atoms with Gasteiger partial charge in [0.25, 0.3) is 0 Å². The summed E-state index contributed by atoms with van der Waals surface area (Å²) in [5.41, 5.74) is 2.90. The van der Waals surface area contributed by atoms with Gasteiger partial charge in [0.2, 0.25) is 5.89 Å². The fourth-order valence-electron chi connectivity index (χ4n) is 3.74. The van der Waals surface area contributed by atoms with Crippen molar-refractivity contribution >= 4 is 45.6 Å². The SMILES string of the molecule is CC(C)(C)c1nc2c(ccc3c4cccc(B5OC(C)(C)C(C)(C)O5)c4oc32)o1. The van der Waals surface area contributed by atoms with E-state index < -0.39 is 18.3 Å². The van der Waals surface area contributed by atoms with Gasteiger partial charge >= 0.3 is 7.12 Å². The number of hydrogen-bond acceptors (Lipinski definition) is 5. The Morgan fingerprint density at radius 2 is 1.48 bits per heavy atom. The van der Waals surface area contributed by atoms with Crippen molar-refractivity contribution in [3.05, 3.63) is 36.2 Å². The summed E-state index contributed by atoms with van der Waals surface area (Å²) in [5.74, 6) is 0.701. The van der Waals surface area contributed by atoms with Crippen molar-refractivity contribution in [2.45, 2.75) is 65.1 Å². The summed E-state index contributed by atoms with van der Waals surface area (Å²) in [6, 6.07) is 10.1. The molecule has 0 N–H and O–H groups in total. The molecule has 1 aliphatic heterocycles. The Balaban J connectivity index is 1.73. The lowest BCUT2D eigenvalue weighted by Crippen LogP contribution is -2.41. The highest BCUT2D eigenvalue weighted by atomic mass is 16.7. The quantitative estimate of drug-likeness (QED) is 0.411. The number of para-hydroxylation sites is 1. The van der Waals surface area contributed by atoms with Gasteiger partial charge in [-0.1, -0.05) is 39.0 Å². The Kier molecular flexibility index (Phi) is 3.64. The first-order valence-electron chi connectivity index (χ1n) is 10.1. The normalized spacial score (nSPS) is 19.1. The average molecular weight is 391 g/mol. The zero-order valence-corrected chi connectivity index (χ0v) is 18.0. The Bertz CT molecular complexity index is 1240. The van der Waals surface area contributed by atoms with E-state index in [1.54, 1.807) is 0 Å². The molecule has 3 heterocycles. The van der Waals surface area contributed by atoms with Gasteiger partial charge in [0.1, 0.15) is 5.58 Å². The Labute approximate surface area is 170 Å². The highest BCUT2D eigenvalue weighted by Crippen LogP contribution is 2.39. The minimum Gasteiger partial charge on any atom is -0.454 e. The summed E-state index contributed by atoms with van der Waals surface area (Å²) in [6.45, 7) is 14.5. The number of benzene rings is 2. The van der Waals surface area contributed by atoms with Crippen LogP contribution in [0.25, 0.3) is 33.0 Å². The van der Waals surface area contributed by atoms with Crippen molar-refractivity contribution < 1.29 is 18.1 Å². The average Bonchev–Trinajstić information content (AvgIpc) is 3.26. The van der Waals surface area contributed by atoms with Crippen LogP contribution in [0.5, 0.6) is 0 Å². The smallest absolute Gasteiger partial charge is 0.454 e. The van der Waals surface area contributed by atoms with Crippen LogP contribution in [-0.2, 0) is 14.7 Å². The third kappa shape index (κ3) is 2.66. The van der Waals surface area contributed by atoms with Crippen molar-refractivity contribution in [1.29, 1.82) is 0 Å². The standard InChI is InChI=1S/C23H26BNO4/c1-21(2,3)20-25-17-16(26-20)12-11-14-13-9-8-10-15(18(13)27-19(14)17)24-28-22(4,5)23(6,7)29-24/h8-12H,1-7H3. The molecule has 4 aromatic rings. The lowest BCUT2D eigenvalue weighted by atomic mass is 9.78. The van der Waals surface area contributed by atoms with E-state index in [1.807, 2.05) is 24.3 Å². The van der Waals surface area contributed by atoms with Gasteiger partial charge in [-0.25, -0.2) is 4.98 Å². The predicted molar refractivity (Wildman–Crippen MR) is 116 cm³/mol. The van der Waals surface area contributed by atoms with Crippen LogP contribution in [-0.4, -0.2) is 23.3 Å². The van der Waals surface area contributed by atoms with E-state index in [9.17, 15) is 0 Å². The summed E-state index contributed by atoms with van der Waals surface area (Å²) in [7, 11) is -0.484. The van der Waals surface area contributed by atoms with Gasteiger partial charge in [0.05, 0.1) is 11.2 Å². The lowest BCUT2D eigenvalue weighted by Gasteiger charge is -2.32. The van der Waals surface area contributed by atoms with Crippen LogP contribution >= 0.6 is 0 Å². The van der Waals surface area contributed by atoms with Gasteiger partial charge in [-0.3, -0.25) is 0 Å². The summed E-state index contributed by atoms with van der Waals surface area (Å²) < 4.78 is 24.9. The van der Waals surface area contributed by atoms with Crippen molar-refractivity contribution in [2.75, 3.05) is 0 Å². The second-order valence-corrected chi connectivity index (χ2v) is 9.97. The molecule has 0 spiro atoms. The number of fused-ring (bicyclic) bond motifs is 5. The minimum atomic E-state index is -0.484. The number of hydrogen-bond donors (Lipinski definition) is 0. The van der Waals surface area contributed by atoms with E-state index in [0.717, 1.165) is 38.5 Å². The number of furan rings is 1. The maximum atomic E-state index is 6.39. The third-order valence-corrected chi connectivity index (χ3v) is 6.20. The van der Waals surface area contributed by atoms with Crippen molar-refractivity contribution in [3.8, 4) is 0 Å². The van der Waals surface area contributed by atoms with Crippen LogP contribution in [0.4, 0.5) is 0 Å². The van der Waals surface area contributed by atoms with Crippen molar-refractivity contribution in [1.82, 2.24) is 4.98 Å². The highest BCUT2D eigenvalue weighted by Gasteiger charge is 2.52. The fourth-order valence-corrected chi connectivity index (χ4v) is 3.74. The van der Waals surface area contributed by atoms with Gasteiger partial charge in [0.15, 0.2) is 16.7 Å². The topological polar surface area (TPSA) is 57.6 Å². The van der Waals surface area contributed by atoms with Gasteiger partial charge in [0, 0.05) is 21.7 Å². The molecule has 6 heteroatoms. The maximum Gasteiger partial charge on any atom is 0.498 e. The second-order valence-electron chi connectivity index (χ2n) is 9.97. The molecule has 0 aliphatic carbocycles. The molecule has 0 unspecified atom stereocenters. The number of oxazole rings is 1. The fraction of sp³-hybridized carbons (Fsp3) is 0.435. The van der Waals surface area contributed by atoms with Crippen LogP contribution in [0.2, 0.25) is 0 Å². The summed E-state index contributed by atoms with van der Waals surface area (Å²) in [5, 5.41) is 2.04. The zero-order valence-electron chi connectivity index (χ0n) is 18.0. The van der Waals surface area contributed by atoms with Gasteiger partial charge in [-0.2, -0.15) is 0 Å². The molecule has 1 fully saturated rings. The molecule has 29 heavy (non-hydrogen) atoms. The Hall–Kier alpha value is -2.31. The Morgan fingerprint density at radius 3 is 2.14 bits per heavy atom. The summed E-state index contributed by atoms with van der Waals surface area (Å²) in [6.07, 6.45) is 0. The molecule has 0 saturated carbocycles. The van der Waals surface area contributed by atoms with E-state index in [-0.39, 0.29) is 5.41 Å². The molecule has 5 nitrogen and oxygen atoms in total. The largest absolute Gasteiger partial charge is 0.498 e. The van der Waals surface area contributed by atoms with E-state index in [1.165, 1.54) is 0 Å². The molecule has 1 aliphatic rings. The molecule has 5 rings (SSSR count). The predicted octanol–water partition coefficient (Wildman–Crippen LogP) is 5.32. The van der Waals surface area contributed by atoms with Crippen molar-refractivity contribution in [3.63, 3.8) is 0 Å². The molecule has 0 bridgehead atoms. The van der Waals surface area contributed by atoms with Crippen LogP contribution in [0.1, 0.15) is 54.4 Å². The first-order chi connectivity index (χ1) is 13.5. The molecular weight excluding hydrogens is 365 g/mol. The molecule has 2 aromatic carbocycles. The van der Waals surface area contributed by atoms with Gasteiger partial charge in [-0.05, 0) is 39.8 Å². The molecular formula is C23H26BNO4. The highest BCUT2D eigenvalue weighted by molar-refractivity contribution is 6.65. The van der Waals surface area contributed by atoms with Gasteiger partial charge < -0.3 is 18.1 Å². The van der Waals surface area contributed by atoms with Gasteiger partial charge in [-0.15, -0.1) is 0 Å². The molecule has 0 radical (unpaired) electrons. The first kappa shape index (κ1) is 18.7. The van der Waals surface area contributed by atoms with Crippen LogP contribution in [0.15, 0.2) is 39.2 Å². The summed E-state index contributed by atoms with van der Waals surface area (Å²) >= 11 is 0. The zero-order chi connectivity index (χ0) is 20.8. The monoisotopic (exact) mass is 391 g/mol. The molecule has 2 aromatic heterocycles. The van der Waals surface area contributed by atoms with E-state index in [0.29, 0.717) is 5.89 Å². The second kappa shape index (κ2) is 5.64. The molecule has 0 amide bonds. The Morgan fingerprint density at radius 1 is 0.828 bits per heavy atom. The lowest BCUT2D eigenvalue weighted by molar-refractivity contribution is 0.00578. The molecule has 0 atom stereocenters. The van der Waals surface area contributed by atoms with E-state index in [2.05, 4.69) is 54.5 Å². The van der Waals surface area contributed by atoms with E-state index in [4.69, 9.17) is 23.1 Å². The number of aromatic nitrogens is 1. The van der Waals surface area contributed by atoms with Crippen LogP contribution < -0.4 is 5.46 Å². The van der Waals surface area contributed by atoms with Crippen molar-refractivity contribution in [2.24, 2.45) is 0 Å². The third-order valence-electron chi connectivity index (χ3n) is 6.20. The summed E-state index contributed by atoms with van der Waals surface area (Å²) in [4.78, 5) is 4.76. The van der Waals surface area contributed by atoms with E-state index >= 15 is 0 Å². The van der Waals surface area contributed by atoms with Crippen LogP contribution in [0.3, 0.4) is 0 Å². The number of rotatable bonds is 1.